The van der Waals surface area contributed by atoms with Crippen molar-refractivity contribution in [3.63, 3.8) is 0 Å². The van der Waals surface area contributed by atoms with Crippen molar-refractivity contribution in [2.75, 3.05) is 0 Å². The third-order valence-electron chi connectivity index (χ3n) is 12.7. The number of rotatable bonds is 4. The second kappa shape index (κ2) is 11.9. The van der Waals surface area contributed by atoms with E-state index in [1.807, 2.05) is 6.07 Å². The minimum Gasteiger partial charge on any atom is -0.228 e. The fraction of sp³-hybridized carbons (Fsp3) is 0.111. The molecule has 8 aromatic carbocycles. The van der Waals surface area contributed by atoms with Gasteiger partial charge in [0, 0.05) is 27.5 Å². The number of fused-ring (bicyclic) bond motifs is 9. The molecule has 0 unspecified atom stereocenters. The van der Waals surface area contributed by atoms with Crippen molar-refractivity contribution < 1.29 is 0 Å². The summed E-state index contributed by atoms with van der Waals surface area (Å²) in [5.41, 5.74) is 18.0. The van der Waals surface area contributed by atoms with Gasteiger partial charge in [0.15, 0.2) is 5.82 Å². The summed E-state index contributed by atoms with van der Waals surface area (Å²) in [6.45, 7) is 9.43. The van der Waals surface area contributed by atoms with Crippen molar-refractivity contribution >= 4 is 21.5 Å². The maximum absolute atomic E-state index is 5.32. The van der Waals surface area contributed by atoms with Gasteiger partial charge >= 0.3 is 0 Å². The Kier molecular flexibility index (Phi) is 6.98. The summed E-state index contributed by atoms with van der Waals surface area (Å²) in [6.07, 6.45) is 0. The Labute approximate surface area is 328 Å². The van der Waals surface area contributed by atoms with Crippen molar-refractivity contribution in [3.8, 4) is 67.3 Å². The van der Waals surface area contributed by atoms with Crippen molar-refractivity contribution in [3.05, 3.63) is 192 Å². The van der Waals surface area contributed by atoms with Gasteiger partial charge in [-0.25, -0.2) is 9.97 Å². The van der Waals surface area contributed by atoms with Gasteiger partial charge in [0.2, 0.25) is 0 Å². The zero-order chi connectivity index (χ0) is 37.8. The Morgan fingerprint density at radius 3 is 1.80 bits per heavy atom. The van der Waals surface area contributed by atoms with Crippen LogP contribution in [0.15, 0.2) is 170 Å². The fourth-order valence-electron chi connectivity index (χ4n) is 9.95. The second-order valence-corrected chi connectivity index (χ2v) is 16.5. The van der Waals surface area contributed by atoms with Crippen LogP contribution in [0.25, 0.3) is 88.8 Å². The summed E-state index contributed by atoms with van der Waals surface area (Å²) >= 11 is 0. The van der Waals surface area contributed by atoms with E-state index in [1.54, 1.807) is 0 Å². The third-order valence-corrected chi connectivity index (χ3v) is 12.7. The zero-order valence-corrected chi connectivity index (χ0v) is 32.1. The molecule has 0 aliphatic heterocycles. The predicted octanol–water partition coefficient (Wildman–Crippen LogP) is 14.1. The number of hydrogen-bond acceptors (Lipinski definition) is 2. The molecular formula is C54H40N2. The Morgan fingerprint density at radius 2 is 0.982 bits per heavy atom. The van der Waals surface area contributed by atoms with E-state index >= 15 is 0 Å². The first-order chi connectivity index (χ1) is 27.3. The van der Waals surface area contributed by atoms with Crippen LogP contribution in [-0.4, -0.2) is 9.97 Å². The fourth-order valence-corrected chi connectivity index (χ4v) is 9.95. The first-order valence-electron chi connectivity index (χ1n) is 19.7. The third kappa shape index (κ3) is 4.69. The van der Waals surface area contributed by atoms with Crippen LogP contribution >= 0.6 is 0 Å². The molecule has 0 saturated carbocycles. The van der Waals surface area contributed by atoms with Crippen LogP contribution < -0.4 is 0 Å². The number of benzene rings is 8. The van der Waals surface area contributed by atoms with E-state index in [1.165, 1.54) is 77.2 Å². The molecule has 2 heteroatoms. The van der Waals surface area contributed by atoms with E-state index in [4.69, 9.17) is 9.97 Å². The first-order valence-corrected chi connectivity index (χ1v) is 19.7. The van der Waals surface area contributed by atoms with Crippen LogP contribution in [0, 0.1) is 0 Å². The molecule has 0 atom stereocenters. The molecule has 0 radical (unpaired) electrons. The van der Waals surface area contributed by atoms with Crippen molar-refractivity contribution in [2.24, 2.45) is 0 Å². The molecule has 2 aliphatic carbocycles. The SMILES string of the molecule is CC1(C)c2cc(-c3ccc(-c4cc(-c5cccc6c5C(C)(C)c5ccccc5-6)nc(-c5ccccc5)n4)c4ccccc34)ccc2-c2c1ccc1ccccc21. The average molecular weight is 717 g/mol. The molecule has 1 aromatic heterocycles. The number of aromatic nitrogens is 2. The van der Waals surface area contributed by atoms with Crippen LogP contribution in [0.3, 0.4) is 0 Å². The Balaban J connectivity index is 1.09. The molecule has 266 valence electrons. The molecule has 2 nitrogen and oxygen atoms in total. The van der Waals surface area contributed by atoms with Gasteiger partial charge in [-0.1, -0.05) is 185 Å². The van der Waals surface area contributed by atoms with Gasteiger partial charge in [-0.2, -0.15) is 0 Å². The topological polar surface area (TPSA) is 25.8 Å². The maximum Gasteiger partial charge on any atom is 0.160 e. The summed E-state index contributed by atoms with van der Waals surface area (Å²) in [7, 11) is 0. The van der Waals surface area contributed by atoms with Crippen molar-refractivity contribution in [1.82, 2.24) is 9.97 Å². The smallest absolute Gasteiger partial charge is 0.160 e. The summed E-state index contributed by atoms with van der Waals surface area (Å²) in [4.78, 5) is 10.6. The summed E-state index contributed by atoms with van der Waals surface area (Å²) in [5, 5.41) is 5.00. The van der Waals surface area contributed by atoms with Crippen molar-refractivity contribution in [1.29, 1.82) is 0 Å². The monoisotopic (exact) mass is 716 g/mol. The van der Waals surface area contributed by atoms with Gasteiger partial charge in [0.05, 0.1) is 11.4 Å². The highest BCUT2D eigenvalue weighted by molar-refractivity contribution is 6.07. The lowest BCUT2D eigenvalue weighted by Gasteiger charge is -2.24. The first kappa shape index (κ1) is 32.8. The zero-order valence-electron chi connectivity index (χ0n) is 32.1. The molecule has 1 heterocycles. The Morgan fingerprint density at radius 1 is 0.357 bits per heavy atom. The van der Waals surface area contributed by atoms with Gasteiger partial charge in [-0.3, -0.25) is 0 Å². The summed E-state index contributed by atoms with van der Waals surface area (Å²) in [6, 6.07) is 62.0. The second-order valence-electron chi connectivity index (χ2n) is 16.5. The van der Waals surface area contributed by atoms with Gasteiger partial charge in [0.25, 0.3) is 0 Å². The lowest BCUT2D eigenvalue weighted by atomic mass is 9.79. The van der Waals surface area contributed by atoms with E-state index in [0.717, 1.165) is 33.9 Å². The van der Waals surface area contributed by atoms with Gasteiger partial charge in [-0.15, -0.1) is 0 Å². The molecule has 0 bridgehead atoms. The molecule has 0 fully saturated rings. The van der Waals surface area contributed by atoms with Crippen molar-refractivity contribution in [2.45, 2.75) is 38.5 Å². The Hall–Kier alpha value is -6.64. The molecule has 0 saturated heterocycles. The standard InChI is InChI=1S/C54H40N2/c1-53(2)46-30-26-33-15-8-9-18-37(33)50(46)43-27-25-35(31-47(43)53)36-28-29-41(39-20-11-10-19-38(36)39)48-32-49(56-52(55-48)34-16-6-5-7-17-34)44-23-14-22-42-40-21-12-13-24-45(40)54(3,4)51(42)44/h5-32H,1-4H3. The predicted molar refractivity (Wildman–Crippen MR) is 234 cm³/mol. The van der Waals surface area contributed by atoms with Crippen LogP contribution in [0.2, 0.25) is 0 Å². The van der Waals surface area contributed by atoms with E-state index in [0.29, 0.717) is 0 Å². The highest BCUT2D eigenvalue weighted by Gasteiger charge is 2.38. The van der Waals surface area contributed by atoms with Gasteiger partial charge < -0.3 is 0 Å². The van der Waals surface area contributed by atoms with Crippen LogP contribution in [-0.2, 0) is 10.8 Å². The molecule has 56 heavy (non-hydrogen) atoms. The number of hydrogen-bond donors (Lipinski definition) is 0. The van der Waals surface area contributed by atoms with E-state index in [-0.39, 0.29) is 10.8 Å². The highest BCUT2D eigenvalue weighted by Crippen LogP contribution is 2.54. The molecule has 11 rings (SSSR count). The van der Waals surface area contributed by atoms with Gasteiger partial charge in [-0.05, 0) is 89.3 Å². The lowest BCUT2D eigenvalue weighted by Crippen LogP contribution is -2.16. The average Bonchev–Trinajstić information content (AvgIpc) is 3.63. The molecular weight excluding hydrogens is 677 g/mol. The molecule has 0 N–H and O–H groups in total. The lowest BCUT2D eigenvalue weighted by molar-refractivity contribution is 0.661. The van der Waals surface area contributed by atoms with E-state index in [2.05, 4.69) is 191 Å². The number of nitrogens with zero attached hydrogens (tertiary/aromatic N) is 2. The van der Waals surface area contributed by atoms with Crippen LogP contribution in [0.5, 0.6) is 0 Å². The minimum absolute atomic E-state index is 0.112. The summed E-state index contributed by atoms with van der Waals surface area (Å²) < 4.78 is 0. The molecule has 0 spiro atoms. The summed E-state index contributed by atoms with van der Waals surface area (Å²) in [5.74, 6) is 0.727. The quantitative estimate of drug-likeness (QED) is 0.181. The molecule has 0 amide bonds. The van der Waals surface area contributed by atoms with E-state index < -0.39 is 0 Å². The van der Waals surface area contributed by atoms with Gasteiger partial charge in [0.1, 0.15) is 0 Å². The minimum atomic E-state index is -0.173. The van der Waals surface area contributed by atoms with Crippen LogP contribution in [0.1, 0.15) is 49.9 Å². The highest BCUT2D eigenvalue weighted by atomic mass is 14.9. The normalized spacial score (nSPS) is 14.4. The van der Waals surface area contributed by atoms with Crippen LogP contribution in [0.4, 0.5) is 0 Å². The molecule has 2 aliphatic rings. The largest absolute Gasteiger partial charge is 0.228 e. The maximum atomic E-state index is 5.32. The van der Waals surface area contributed by atoms with E-state index in [9.17, 15) is 0 Å². The molecule has 9 aromatic rings. The Bertz CT molecular complexity index is 3080.